The van der Waals surface area contributed by atoms with Crippen molar-refractivity contribution in [3.63, 3.8) is 0 Å². The van der Waals surface area contributed by atoms with Gasteiger partial charge < -0.3 is 9.88 Å². The van der Waals surface area contributed by atoms with Crippen LogP contribution < -0.4 is 5.32 Å². The van der Waals surface area contributed by atoms with Gasteiger partial charge in [-0.1, -0.05) is 6.07 Å². The molecular formula is C13H18N4. The fourth-order valence-corrected chi connectivity index (χ4v) is 1.74. The van der Waals surface area contributed by atoms with Crippen LogP contribution in [0.5, 0.6) is 0 Å². The zero-order chi connectivity index (χ0) is 11.9. The second kappa shape index (κ2) is 6.15. The molecule has 0 aliphatic rings. The highest BCUT2D eigenvalue weighted by molar-refractivity contribution is 5.07. The van der Waals surface area contributed by atoms with Gasteiger partial charge in [0.15, 0.2) is 0 Å². The van der Waals surface area contributed by atoms with Crippen LogP contribution in [-0.4, -0.2) is 21.1 Å². The SMILES string of the molecule is CC(NCCCn1ccnc1)c1ccccn1. The predicted molar refractivity (Wildman–Crippen MR) is 67.5 cm³/mol. The van der Waals surface area contributed by atoms with E-state index >= 15 is 0 Å². The number of imidazole rings is 1. The monoisotopic (exact) mass is 230 g/mol. The molecule has 0 aromatic carbocycles. The highest BCUT2D eigenvalue weighted by atomic mass is 15.0. The first kappa shape index (κ1) is 11.8. The second-order valence-electron chi connectivity index (χ2n) is 4.08. The summed E-state index contributed by atoms with van der Waals surface area (Å²) in [7, 11) is 0. The second-order valence-corrected chi connectivity index (χ2v) is 4.08. The van der Waals surface area contributed by atoms with E-state index in [0.29, 0.717) is 6.04 Å². The highest BCUT2D eigenvalue weighted by Crippen LogP contribution is 2.07. The molecule has 2 rings (SSSR count). The van der Waals surface area contributed by atoms with Gasteiger partial charge in [-0.15, -0.1) is 0 Å². The van der Waals surface area contributed by atoms with Crippen molar-refractivity contribution in [2.24, 2.45) is 0 Å². The number of nitrogens with zero attached hydrogens (tertiary/aromatic N) is 3. The molecule has 0 radical (unpaired) electrons. The maximum absolute atomic E-state index is 4.33. The third kappa shape index (κ3) is 3.67. The maximum Gasteiger partial charge on any atom is 0.0945 e. The van der Waals surface area contributed by atoms with Crippen molar-refractivity contribution in [1.29, 1.82) is 0 Å². The van der Waals surface area contributed by atoms with E-state index in [1.807, 2.05) is 43.1 Å². The zero-order valence-electron chi connectivity index (χ0n) is 10.1. The third-order valence-electron chi connectivity index (χ3n) is 2.73. The zero-order valence-corrected chi connectivity index (χ0v) is 10.1. The molecule has 0 bridgehead atoms. The lowest BCUT2D eigenvalue weighted by Gasteiger charge is -2.13. The van der Waals surface area contributed by atoms with E-state index in [2.05, 4.69) is 26.8 Å². The molecule has 2 heterocycles. The Hall–Kier alpha value is -1.68. The number of aromatic nitrogens is 3. The van der Waals surface area contributed by atoms with Gasteiger partial charge in [-0.25, -0.2) is 4.98 Å². The summed E-state index contributed by atoms with van der Waals surface area (Å²) in [5, 5.41) is 3.47. The lowest BCUT2D eigenvalue weighted by Crippen LogP contribution is -2.21. The number of aryl methyl sites for hydroxylation is 1. The number of pyridine rings is 1. The Morgan fingerprint density at radius 1 is 1.35 bits per heavy atom. The van der Waals surface area contributed by atoms with E-state index < -0.39 is 0 Å². The van der Waals surface area contributed by atoms with Crippen LogP contribution in [0.25, 0.3) is 0 Å². The van der Waals surface area contributed by atoms with Crippen molar-refractivity contribution in [3.8, 4) is 0 Å². The minimum absolute atomic E-state index is 0.305. The van der Waals surface area contributed by atoms with Crippen LogP contribution in [-0.2, 0) is 6.54 Å². The average Bonchev–Trinajstić information content (AvgIpc) is 2.88. The van der Waals surface area contributed by atoms with Crippen LogP contribution in [0.4, 0.5) is 0 Å². The van der Waals surface area contributed by atoms with E-state index in [4.69, 9.17) is 0 Å². The van der Waals surface area contributed by atoms with Crippen molar-refractivity contribution in [2.45, 2.75) is 25.9 Å². The van der Waals surface area contributed by atoms with Gasteiger partial charge in [0.1, 0.15) is 0 Å². The number of hydrogen-bond donors (Lipinski definition) is 1. The Morgan fingerprint density at radius 2 is 2.29 bits per heavy atom. The molecule has 0 saturated carbocycles. The van der Waals surface area contributed by atoms with Gasteiger partial charge in [0, 0.05) is 31.2 Å². The van der Waals surface area contributed by atoms with Crippen LogP contribution >= 0.6 is 0 Å². The Labute approximate surface area is 102 Å². The summed E-state index contributed by atoms with van der Waals surface area (Å²) < 4.78 is 2.09. The molecule has 4 heteroatoms. The van der Waals surface area contributed by atoms with Crippen LogP contribution in [0.1, 0.15) is 25.1 Å². The largest absolute Gasteiger partial charge is 0.337 e. The van der Waals surface area contributed by atoms with E-state index in [9.17, 15) is 0 Å². The summed E-state index contributed by atoms with van der Waals surface area (Å²) in [6.45, 7) is 4.12. The van der Waals surface area contributed by atoms with E-state index in [0.717, 1.165) is 25.2 Å². The molecule has 0 aliphatic carbocycles. The van der Waals surface area contributed by atoms with Crippen LogP contribution in [0.2, 0.25) is 0 Å². The molecule has 90 valence electrons. The quantitative estimate of drug-likeness (QED) is 0.772. The average molecular weight is 230 g/mol. The Balaban J connectivity index is 1.68. The first-order valence-electron chi connectivity index (χ1n) is 5.96. The number of nitrogens with one attached hydrogen (secondary N) is 1. The predicted octanol–water partition coefficient (Wildman–Crippen LogP) is 2.02. The molecule has 0 amide bonds. The maximum atomic E-state index is 4.33. The molecule has 0 spiro atoms. The summed E-state index contributed by atoms with van der Waals surface area (Å²) in [4.78, 5) is 8.35. The van der Waals surface area contributed by atoms with Crippen LogP contribution in [0, 0.1) is 0 Å². The molecule has 4 nitrogen and oxygen atoms in total. The van der Waals surface area contributed by atoms with Gasteiger partial charge in [0.25, 0.3) is 0 Å². The first-order valence-corrected chi connectivity index (χ1v) is 5.96. The summed E-state index contributed by atoms with van der Waals surface area (Å²) in [6, 6.07) is 6.31. The molecule has 17 heavy (non-hydrogen) atoms. The molecule has 2 aromatic rings. The molecule has 1 unspecified atom stereocenters. The smallest absolute Gasteiger partial charge is 0.0945 e. The van der Waals surface area contributed by atoms with Crippen molar-refractivity contribution in [2.75, 3.05) is 6.54 Å². The van der Waals surface area contributed by atoms with E-state index in [-0.39, 0.29) is 0 Å². The van der Waals surface area contributed by atoms with Gasteiger partial charge in [-0.3, -0.25) is 4.98 Å². The van der Waals surface area contributed by atoms with Crippen molar-refractivity contribution >= 4 is 0 Å². The van der Waals surface area contributed by atoms with Gasteiger partial charge in [-0.2, -0.15) is 0 Å². The molecule has 1 N–H and O–H groups in total. The number of rotatable bonds is 6. The van der Waals surface area contributed by atoms with Gasteiger partial charge in [-0.05, 0) is 32.0 Å². The molecule has 0 saturated heterocycles. The number of hydrogen-bond acceptors (Lipinski definition) is 3. The minimum Gasteiger partial charge on any atom is -0.337 e. The Kier molecular flexibility index (Phi) is 4.27. The molecule has 1 atom stereocenters. The summed E-state index contributed by atoms with van der Waals surface area (Å²) >= 11 is 0. The first-order chi connectivity index (χ1) is 8.36. The summed E-state index contributed by atoms with van der Waals surface area (Å²) in [5.41, 5.74) is 1.09. The standard InChI is InChI=1S/C13H18N4/c1-12(13-5-2-3-6-16-13)15-7-4-9-17-10-8-14-11-17/h2-3,5-6,8,10-12,15H,4,7,9H2,1H3. The van der Waals surface area contributed by atoms with E-state index in [1.165, 1.54) is 0 Å². The lowest BCUT2D eigenvalue weighted by molar-refractivity contribution is 0.519. The van der Waals surface area contributed by atoms with Crippen molar-refractivity contribution in [3.05, 3.63) is 48.8 Å². The highest BCUT2D eigenvalue weighted by Gasteiger charge is 2.03. The van der Waals surface area contributed by atoms with Gasteiger partial charge in [0.05, 0.1) is 12.0 Å². The lowest BCUT2D eigenvalue weighted by atomic mass is 10.2. The van der Waals surface area contributed by atoms with Crippen LogP contribution in [0.3, 0.4) is 0 Å². The molecule has 0 aliphatic heterocycles. The normalized spacial score (nSPS) is 12.5. The van der Waals surface area contributed by atoms with Crippen LogP contribution in [0.15, 0.2) is 43.1 Å². The molecular weight excluding hydrogens is 212 g/mol. The molecule has 0 fully saturated rings. The van der Waals surface area contributed by atoms with Crippen molar-refractivity contribution < 1.29 is 0 Å². The Bertz CT molecular complexity index is 410. The fourth-order valence-electron chi connectivity index (χ4n) is 1.74. The van der Waals surface area contributed by atoms with E-state index in [1.54, 1.807) is 0 Å². The molecule has 2 aromatic heterocycles. The topological polar surface area (TPSA) is 42.7 Å². The summed E-state index contributed by atoms with van der Waals surface area (Å²) in [5.74, 6) is 0. The minimum atomic E-state index is 0.305. The third-order valence-corrected chi connectivity index (χ3v) is 2.73. The van der Waals surface area contributed by atoms with Gasteiger partial charge in [0.2, 0.25) is 0 Å². The fraction of sp³-hybridized carbons (Fsp3) is 0.385. The van der Waals surface area contributed by atoms with Gasteiger partial charge >= 0.3 is 0 Å². The van der Waals surface area contributed by atoms with Crippen molar-refractivity contribution in [1.82, 2.24) is 19.9 Å². The Morgan fingerprint density at radius 3 is 3.00 bits per heavy atom. The summed E-state index contributed by atoms with van der Waals surface area (Å²) in [6.07, 6.45) is 8.57.